The summed E-state index contributed by atoms with van der Waals surface area (Å²) in [6, 6.07) is 3.97. The summed E-state index contributed by atoms with van der Waals surface area (Å²) >= 11 is 1.60. The minimum atomic E-state index is 0.0997. The molecule has 1 aromatic heterocycles. The molecule has 1 amide bonds. The maximum absolute atomic E-state index is 11.8. The highest BCUT2D eigenvalue weighted by atomic mass is 32.1. The Morgan fingerprint density at radius 2 is 2.20 bits per heavy atom. The molecule has 0 saturated heterocycles. The van der Waals surface area contributed by atoms with E-state index in [1.165, 1.54) is 25.7 Å². The lowest BCUT2D eigenvalue weighted by Gasteiger charge is -2.08. The zero-order valence-electron chi connectivity index (χ0n) is 11.7. The Morgan fingerprint density at radius 1 is 1.40 bits per heavy atom. The molecule has 0 radical (unpaired) electrons. The van der Waals surface area contributed by atoms with Crippen LogP contribution < -0.4 is 5.32 Å². The van der Waals surface area contributed by atoms with Gasteiger partial charge in [-0.3, -0.25) is 4.79 Å². The Balaban J connectivity index is 1.73. The molecule has 2 rings (SSSR count). The molecule has 3 nitrogen and oxygen atoms in total. The maximum Gasteiger partial charge on any atom is 0.220 e. The van der Waals surface area contributed by atoms with E-state index in [0.717, 1.165) is 9.75 Å². The van der Waals surface area contributed by atoms with Crippen molar-refractivity contribution < 1.29 is 9.90 Å². The number of nitrogens with one attached hydrogen (secondary N) is 1. The van der Waals surface area contributed by atoms with Crippen LogP contribution in [0.3, 0.4) is 0 Å². The molecule has 0 spiro atoms. The smallest absolute Gasteiger partial charge is 0.220 e. The van der Waals surface area contributed by atoms with Crippen molar-refractivity contribution in [3.05, 3.63) is 21.9 Å². The Morgan fingerprint density at radius 3 is 2.95 bits per heavy atom. The third kappa shape index (κ3) is 4.99. The van der Waals surface area contributed by atoms with Crippen molar-refractivity contribution in [1.82, 2.24) is 5.32 Å². The molecule has 0 bridgehead atoms. The van der Waals surface area contributed by atoms with Gasteiger partial charge in [-0.05, 0) is 30.9 Å². The molecule has 20 heavy (non-hydrogen) atoms. The number of aliphatic hydroxyl groups is 1. The maximum atomic E-state index is 11.8. The number of rotatable bonds is 5. The molecule has 1 aliphatic carbocycles. The van der Waals surface area contributed by atoms with E-state index < -0.39 is 0 Å². The Bertz CT molecular complexity index is 492. The fraction of sp³-hybridized carbons (Fsp3) is 0.562. The first-order valence-corrected chi connectivity index (χ1v) is 8.04. The summed E-state index contributed by atoms with van der Waals surface area (Å²) in [6.45, 7) is 0.695. The first-order chi connectivity index (χ1) is 9.78. The van der Waals surface area contributed by atoms with Gasteiger partial charge in [0.25, 0.3) is 0 Å². The zero-order chi connectivity index (χ0) is 14.2. The van der Waals surface area contributed by atoms with Crippen LogP contribution in [-0.4, -0.2) is 17.6 Å². The van der Waals surface area contributed by atoms with Crippen LogP contribution in [0, 0.1) is 17.8 Å². The topological polar surface area (TPSA) is 49.3 Å². The third-order valence-electron chi connectivity index (χ3n) is 3.52. The van der Waals surface area contributed by atoms with Crippen LogP contribution in [0.4, 0.5) is 0 Å². The number of carbonyl (C=O) groups is 1. The highest BCUT2D eigenvalue weighted by molar-refractivity contribution is 7.12. The molecule has 1 saturated carbocycles. The van der Waals surface area contributed by atoms with Crippen molar-refractivity contribution >= 4 is 17.2 Å². The van der Waals surface area contributed by atoms with Gasteiger partial charge in [0.1, 0.15) is 0 Å². The molecule has 1 aliphatic rings. The second kappa shape index (κ2) is 8.08. The van der Waals surface area contributed by atoms with E-state index in [0.29, 0.717) is 25.3 Å². The molecule has 0 aliphatic heterocycles. The van der Waals surface area contributed by atoms with Gasteiger partial charge >= 0.3 is 0 Å². The van der Waals surface area contributed by atoms with E-state index in [2.05, 4.69) is 17.2 Å². The van der Waals surface area contributed by atoms with E-state index in [1.807, 2.05) is 12.1 Å². The normalized spacial score (nSPS) is 14.8. The second-order valence-electron chi connectivity index (χ2n) is 5.17. The molecule has 1 aromatic rings. The summed E-state index contributed by atoms with van der Waals surface area (Å²) in [5.41, 5.74) is 0. The number of thiophene rings is 1. The van der Waals surface area contributed by atoms with Crippen LogP contribution in [0.15, 0.2) is 12.1 Å². The van der Waals surface area contributed by atoms with Crippen LogP contribution in [0.1, 0.15) is 48.3 Å². The third-order valence-corrected chi connectivity index (χ3v) is 4.52. The van der Waals surface area contributed by atoms with Crippen molar-refractivity contribution in [2.75, 3.05) is 6.61 Å². The molecule has 4 heteroatoms. The molecule has 1 fully saturated rings. The Kier molecular flexibility index (Phi) is 6.10. The fourth-order valence-corrected chi connectivity index (χ4v) is 3.30. The summed E-state index contributed by atoms with van der Waals surface area (Å²) < 4.78 is 0. The van der Waals surface area contributed by atoms with E-state index >= 15 is 0 Å². The average molecular weight is 291 g/mol. The molecule has 0 atom stereocenters. The SMILES string of the molecule is O=C(CC1CCCC1)NCc1ccc(C#CCCO)s1. The van der Waals surface area contributed by atoms with Crippen molar-refractivity contribution in [1.29, 1.82) is 0 Å². The molecular formula is C16H21NO2S. The van der Waals surface area contributed by atoms with Crippen LogP contribution in [-0.2, 0) is 11.3 Å². The van der Waals surface area contributed by atoms with Gasteiger partial charge in [-0.25, -0.2) is 0 Å². The Labute approximate surface area is 124 Å². The number of amides is 1. The van der Waals surface area contributed by atoms with Crippen LogP contribution in [0.5, 0.6) is 0 Å². The van der Waals surface area contributed by atoms with Crippen molar-refractivity contribution in [3.8, 4) is 11.8 Å². The Hall–Kier alpha value is -1.31. The summed E-state index contributed by atoms with van der Waals surface area (Å²) in [5, 5.41) is 11.7. The molecule has 0 unspecified atom stereocenters. The van der Waals surface area contributed by atoms with Gasteiger partial charge < -0.3 is 10.4 Å². The van der Waals surface area contributed by atoms with Gasteiger partial charge in [0.2, 0.25) is 5.91 Å². The van der Waals surface area contributed by atoms with E-state index in [4.69, 9.17) is 5.11 Å². The molecular weight excluding hydrogens is 270 g/mol. The summed E-state index contributed by atoms with van der Waals surface area (Å²) in [5.74, 6) is 6.67. The quantitative estimate of drug-likeness (QED) is 0.819. The largest absolute Gasteiger partial charge is 0.395 e. The van der Waals surface area contributed by atoms with Crippen molar-refractivity contribution in [2.45, 2.75) is 45.1 Å². The minimum absolute atomic E-state index is 0.0997. The molecule has 0 aromatic carbocycles. The minimum Gasteiger partial charge on any atom is -0.395 e. The average Bonchev–Trinajstić information content (AvgIpc) is 3.08. The van der Waals surface area contributed by atoms with E-state index in [1.54, 1.807) is 11.3 Å². The zero-order valence-corrected chi connectivity index (χ0v) is 12.5. The summed E-state index contributed by atoms with van der Waals surface area (Å²) in [6.07, 6.45) is 6.14. The summed E-state index contributed by atoms with van der Waals surface area (Å²) in [7, 11) is 0. The van der Waals surface area contributed by atoms with E-state index in [-0.39, 0.29) is 12.5 Å². The van der Waals surface area contributed by atoms with Gasteiger partial charge in [0, 0.05) is 17.7 Å². The van der Waals surface area contributed by atoms with Gasteiger partial charge in [0.05, 0.1) is 18.0 Å². The molecule has 1 heterocycles. The number of aliphatic hydroxyl groups excluding tert-OH is 1. The van der Waals surface area contributed by atoms with Gasteiger partial charge in [-0.1, -0.05) is 24.7 Å². The van der Waals surface area contributed by atoms with Gasteiger partial charge in [-0.2, -0.15) is 0 Å². The van der Waals surface area contributed by atoms with Crippen molar-refractivity contribution in [2.24, 2.45) is 5.92 Å². The van der Waals surface area contributed by atoms with Crippen LogP contribution in [0.2, 0.25) is 0 Å². The highest BCUT2D eigenvalue weighted by Crippen LogP contribution is 2.27. The molecule has 108 valence electrons. The number of carbonyl (C=O) groups excluding carboxylic acids is 1. The first kappa shape index (κ1) is 15.1. The monoisotopic (exact) mass is 291 g/mol. The van der Waals surface area contributed by atoms with Crippen molar-refractivity contribution in [3.63, 3.8) is 0 Å². The van der Waals surface area contributed by atoms with Gasteiger partial charge in [-0.15, -0.1) is 11.3 Å². The number of hydrogen-bond acceptors (Lipinski definition) is 3. The lowest BCUT2D eigenvalue weighted by molar-refractivity contribution is -0.122. The predicted octanol–water partition coefficient (Wildman–Crippen LogP) is 2.68. The standard InChI is InChI=1S/C16H21NO2S/c18-10-4-3-7-14-8-9-15(20-14)12-17-16(19)11-13-5-1-2-6-13/h8-9,13,18H,1-2,4-6,10-12H2,(H,17,19). The lowest BCUT2D eigenvalue weighted by atomic mass is 10.0. The highest BCUT2D eigenvalue weighted by Gasteiger charge is 2.18. The number of hydrogen-bond donors (Lipinski definition) is 2. The second-order valence-corrected chi connectivity index (χ2v) is 6.34. The van der Waals surface area contributed by atoms with Crippen LogP contribution >= 0.6 is 11.3 Å². The van der Waals surface area contributed by atoms with Crippen LogP contribution in [0.25, 0.3) is 0 Å². The first-order valence-electron chi connectivity index (χ1n) is 7.23. The predicted molar refractivity (Wildman–Crippen MR) is 81.3 cm³/mol. The van der Waals surface area contributed by atoms with E-state index in [9.17, 15) is 4.79 Å². The van der Waals surface area contributed by atoms with Gasteiger partial charge in [0.15, 0.2) is 0 Å². The summed E-state index contributed by atoms with van der Waals surface area (Å²) in [4.78, 5) is 13.9. The molecule has 2 N–H and O–H groups in total. The fourth-order valence-electron chi connectivity index (χ4n) is 2.48. The lowest BCUT2D eigenvalue weighted by Crippen LogP contribution is -2.24.